The minimum absolute atomic E-state index is 0.156. The van der Waals surface area contributed by atoms with E-state index in [1.807, 2.05) is 0 Å². The van der Waals surface area contributed by atoms with Crippen molar-refractivity contribution in [3.8, 4) is 5.75 Å². The smallest absolute Gasteiger partial charge is 0.134 e. The predicted molar refractivity (Wildman–Crippen MR) is 54.8 cm³/mol. The Kier molecular flexibility index (Phi) is 3.41. The number of benzene rings is 1. The number of rotatable bonds is 2. The summed E-state index contributed by atoms with van der Waals surface area (Å²) in [5.41, 5.74) is 1.10. The topological polar surface area (TPSA) is 20.2 Å². The molecule has 12 heavy (non-hydrogen) atoms. The highest BCUT2D eigenvalue weighted by Gasteiger charge is 2.04. The number of aryl methyl sites for hydroxylation is 1. The lowest BCUT2D eigenvalue weighted by Gasteiger charge is -2.04. The molecule has 1 nitrogen and oxygen atoms in total. The second kappa shape index (κ2) is 4.15. The van der Waals surface area contributed by atoms with Crippen molar-refractivity contribution >= 4 is 27.5 Å². The van der Waals surface area contributed by atoms with Gasteiger partial charge in [-0.3, -0.25) is 0 Å². The Labute approximate surface area is 85.5 Å². The van der Waals surface area contributed by atoms with Crippen LogP contribution in [0.1, 0.15) is 18.9 Å². The van der Waals surface area contributed by atoms with E-state index in [-0.39, 0.29) is 5.75 Å². The summed E-state index contributed by atoms with van der Waals surface area (Å²) in [5, 5.41) is 9.69. The van der Waals surface area contributed by atoms with Crippen LogP contribution in [0, 0.1) is 0 Å². The molecule has 1 N–H and O–H groups in total. The third kappa shape index (κ3) is 2.14. The van der Waals surface area contributed by atoms with Crippen molar-refractivity contribution in [1.29, 1.82) is 0 Å². The molecule has 1 aromatic carbocycles. The average Bonchev–Trinajstić information content (AvgIpc) is 2.01. The van der Waals surface area contributed by atoms with Crippen LogP contribution in [0.15, 0.2) is 16.6 Å². The van der Waals surface area contributed by atoms with Crippen LogP contribution in [0.25, 0.3) is 0 Å². The first-order chi connectivity index (χ1) is 5.65. The van der Waals surface area contributed by atoms with Crippen LogP contribution in [-0.4, -0.2) is 5.11 Å². The Bertz CT molecular complexity index is 286. The lowest BCUT2D eigenvalue weighted by Crippen LogP contribution is -1.85. The lowest BCUT2D eigenvalue weighted by molar-refractivity contribution is 0.474. The maximum atomic E-state index is 9.30. The van der Waals surface area contributed by atoms with E-state index in [0.717, 1.165) is 22.9 Å². The molecule has 0 radical (unpaired) electrons. The summed E-state index contributed by atoms with van der Waals surface area (Å²) < 4.78 is 0.965. The molecule has 0 saturated carbocycles. The van der Waals surface area contributed by atoms with E-state index in [1.54, 1.807) is 12.1 Å². The second-order valence-electron chi connectivity index (χ2n) is 2.65. The maximum Gasteiger partial charge on any atom is 0.134 e. The molecule has 0 aliphatic heterocycles. The van der Waals surface area contributed by atoms with Gasteiger partial charge in [0.2, 0.25) is 0 Å². The van der Waals surface area contributed by atoms with Gasteiger partial charge in [-0.15, -0.1) is 0 Å². The number of aromatic hydroxyl groups is 1. The minimum atomic E-state index is 0.156. The summed E-state index contributed by atoms with van der Waals surface area (Å²) in [7, 11) is 0. The molecular formula is C9H10BrClO. The SMILES string of the molecule is CCCc1cc(O)c(Cl)cc1Br. The van der Waals surface area contributed by atoms with Gasteiger partial charge in [-0.1, -0.05) is 40.9 Å². The van der Waals surface area contributed by atoms with Gasteiger partial charge in [0.05, 0.1) is 5.02 Å². The molecule has 0 saturated heterocycles. The van der Waals surface area contributed by atoms with Crippen LogP contribution in [0.3, 0.4) is 0 Å². The monoisotopic (exact) mass is 248 g/mol. The Morgan fingerprint density at radius 2 is 2.17 bits per heavy atom. The van der Waals surface area contributed by atoms with E-state index in [1.165, 1.54) is 0 Å². The number of halogens is 2. The molecule has 0 heterocycles. The highest BCUT2D eigenvalue weighted by molar-refractivity contribution is 9.10. The fraction of sp³-hybridized carbons (Fsp3) is 0.333. The summed E-state index contributed by atoms with van der Waals surface area (Å²) in [6.45, 7) is 2.10. The van der Waals surface area contributed by atoms with Gasteiger partial charge in [0, 0.05) is 4.47 Å². The molecule has 0 bridgehead atoms. The third-order valence-electron chi connectivity index (χ3n) is 1.64. The molecule has 1 rings (SSSR count). The molecule has 0 fully saturated rings. The van der Waals surface area contributed by atoms with E-state index >= 15 is 0 Å². The Balaban J connectivity index is 3.05. The normalized spacial score (nSPS) is 10.2. The molecular weight excluding hydrogens is 239 g/mol. The first-order valence-electron chi connectivity index (χ1n) is 3.82. The van der Waals surface area contributed by atoms with Crippen LogP contribution in [0.5, 0.6) is 5.75 Å². The van der Waals surface area contributed by atoms with Crippen molar-refractivity contribution in [3.05, 3.63) is 27.2 Å². The zero-order valence-electron chi connectivity index (χ0n) is 6.77. The van der Waals surface area contributed by atoms with Gasteiger partial charge in [-0.05, 0) is 24.1 Å². The van der Waals surface area contributed by atoms with Crippen LogP contribution < -0.4 is 0 Å². The Morgan fingerprint density at radius 1 is 1.50 bits per heavy atom. The summed E-state index contributed by atoms with van der Waals surface area (Å²) in [6.07, 6.45) is 2.00. The summed E-state index contributed by atoms with van der Waals surface area (Å²) >= 11 is 9.09. The average molecular weight is 250 g/mol. The fourth-order valence-corrected chi connectivity index (χ4v) is 1.88. The first-order valence-corrected chi connectivity index (χ1v) is 4.99. The number of hydrogen-bond acceptors (Lipinski definition) is 1. The number of phenols is 1. The standard InChI is InChI=1S/C9H10BrClO/c1-2-3-6-4-9(12)8(11)5-7(6)10/h4-5,12H,2-3H2,1H3. The first kappa shape index (κ1) is 9.87. The molecule has 0 aliphatic carbocycles. The van der Waals surface area contributed by atoms with Crippen molar-refractivity contribution in [2.24, 2.45) is 0 Å². The predicted octanol–water partition coefficient (Wildman–Crippen LogP) is 3.76. The largest absolute Gasteiger partial charge is 0.506 e. The van der Waals surface area contributed by atoms with Crippen LogP contribution in [0.2, 0.25) is 5.02 Å². The van der Waals surface area contributed by atoms with Crippen LogP contribution >= 0.6 is 27.5 Å². The summed E-state index contributed by atoms with van der Waals surface area (Å²) in [5.74, 6) is 0.156. The van der Waals surface area contributed by atoms with Crippen molar-refractivity contribution in [1.82, 2.24) is 0 Å². The van der Waals surface area contributed by atoms with E-state index in [4.69, 9.17) is 11.6 Å². The van der Waals surface area contributed by atoms with Gasteiger partial charge >= 0.3 is 0 Å². The fourth-order valence-electron chi connectivity index (χ4n) is 1.04. The van der Waals surface area contributed by atoms with Gasteiger partial charge in [-0.25, -0.2) is 0 Å². The molecule has 66 valence electrons. The van der Waals surface area contributed by atoms with Crippen LogP contribution in [0.4, 0.5) is 0 Å². The number of phenolic OH excluding ortho intramolecular Hbond substituents is 1. The van der Waals surface area contributed by atoms with Gasteiger partial charge in [-0.2, -0.15) is 0 Å². The molecule has 0 amide bonds. The highest BCUT2D eigenvalue weighted by Crippen LogP contribution is 2.30. The summed E-state index contributed by atoms with van der Waals surface area (Å²) in [6, 6.07) is 3.43. The molecule has 0 atom stereocenters. The van der Waals surface area contributed by atoms with Gasteiger partial charge in [0.25, 0.3) is 0 Å². The number of hydrogen-bond donors (Lipinski definition) is 1. The van der Waals surface area contributed by atoms with E-state index in [0.29, 0.717) is 5.02 Å². The van der Waals surface area contributed by atoms with Crippen molar-refractivity contribution in [2.45, 2.75) is 19.8 Å². The Hall–Kier alpha value is -0.210. The highest BCUT2D eigenvalue weighted by atomic mass is 79.9. The van der Waals surface area contributed by atoms with E-state index in [2.05, 4.69) is 22.9 Å². The van der Waals surface area contributed by atoms with Crippen molar-refractivity contribution in [3.63, 3.8) is 0 Å². The molecule has 0 aromatic heterocycles. The Morgan fingerprint density at radius 3 is 2.75 bits per heavy atom. The van der Waals surface area contributed by atoms with Crippen LogP contribution in [-0.2, 0) is 6.42 Å². The zero-order chi connectivity index (χ0) is 9.14. The zero-order valence-corrected chi connectivity index (χ0v) is 9.11. The lowest BCUT2D eigenvalue weighted by atomic mass is 10.1. The third-order valence-corrected chi connectivity index (χ3v) is 2.68. The molecule has 0 unspecified atom stereocenters. The molecule has 0 spiro atoms. The van der Waals surface area contributed by atoms with E-state index in [9.17, 15) is 5.11 Å². The van der Waals surface area contributed by atoms with Crippen molar-refractivity contribution in [2.75, 3.05) is 0 Å². The molecule has 3 heteroatoms. The summed E-state index contributed by atoms with van der Waals surface area (Å²) in [4.78, 5) is 0. The molecule has 1 aromatic rings. The second-order valence-corrected chi connectivity index (χ2v) is 3.91. The quantitative estimate of drug-likeness (QED) is 0.846. The van der Waals surface area contributed by atoms with E-state index < -0.39 is 0 Å². The molecule has 0 aliphatic rings. The maximum absolute atomic E-state index is 9.30. The minimum Gasteiger partial charge on any atom is -0.506 e. The van der Waals surface area contributed by atoms with Crippen molar-refractivity contribution < 1.29 is 5.11 Å². The van der Waals surface area contributed by atoms with Gasteiger partial charge in [0.15, 0.2) is 0 Å². The van der Waals surface area contributed by atoms with Gasteiger partial charge in [0.1, 0.15) is 5.75 Å². The van der Waals surface area contributed by atoms with Gasteiger partial charge < -0.3 is 5.11 Å².